The fourth-order valence-corrected chi connectivity index (χ4v) is 37.0. The van der Waals surface area contributed by atoms with Crippen molar-refractivity contribution in [1.29, 1.82) is 0 Å². The molecule has 0 aliphatic carbocycles. The number of amides is 4. The van der Waals surface area contributed by atoms with Crippen molar-refractivity contribution >= 4 is 305 Å². The van der Waals surface area contributed by atoms with E-state index in [1.165, 1.54) is 107 Å². The van der Waals surface area contributed by atoms with Crippen molar-refractivity contribution in [1.82, 2.24) is 19.6 Å². The summed E-state index contributed by atoms with van der Waals surface area (Å²) in [6.45, 7) is 19.5. The molecule has 0 unspecified atom stereocenters. The second-order valence-corrected chi connectivity index (χ2v) is 62.2. The monoisotopic (exact) mass is 2150 g/mol. The van der Waals surface area contributed by atoms with E-state index >= 15 is 0 Å². The van der Waals surface area contributed by atoms with Gasteiger partial charge in [-0.15, -0.1) is 0 Å². The molecule has 111 heavy (non-hydrogen) atoms. The van der Waals surface area contributed by atoms with E-state index in [0.717, 1.165) is 13.4 Å². The molecule has 6 aliphatic heterocycles. The maximum absolute atomic E-state index is 12.7. The first-order chi connectivity index (χ1) is 52.7. The second-order valence-electron chi connectivity index (χ2n) is 29.1. The van der Waals surface area contributed by atoms with Crippen LogP contribution < -0.4 is 61.5 Å². The Bertz CT molecular complexity index is 5330. The zero-order valence-corrected chi connectivity index (χ0v) is 80.2. The van der Waals surface area contributed by atoms with Gasteiger partial charge in [0, 0.05) is 25.5 Å². The molecule has 0 spiro atoms. The summed E-state index contributed by atoms with van der Waals surface area (Å²) >= 11 is 11.0. The molecule has 24 heteroatoms. The fraction of sp³-hybridized carbons (Fsp3) is 0.161. The summed E-state index contributed by atoms with van der Waals surface area (Å²) in [5, 5.41) is 16.0. The minimum absolute atomic E-state index is 0. The molecule has 12 aromatic rings. The number of likely N-dealkylation sites (N-methyl/N-ethyl adjacent to an activating group) is 2. The van der Waals surface area contributed by atoms with Gasteiger partial charge in [-0.25, -0.2) is 0 Å². The van der Waals surface area contributed by atoms with Crippen LogP contribution in [0.15, 0.2) is 256 Å². The predicted molar refractivity (Wildman–Crippen MR) is 494 cm³/mol. The molecular weight excluding hydrogens is 2050 g/mol. The van der Waals surface area contributed by atoms with Crippen molar-refractivity contribution in [3.05, 3.63) is 265 Å². The molecule has 13 nitrogen and oxygen atoms in total. The Kier molecular flexibility index (Phi) is 26.4. The van der Waals surface area contributed by atoms with E-state index in [9.17, 15) is 24.0 Å². The van der Waals surface area contributed by atoms with Gasteiger partial charge in [0.1, 0.15) is 14.5 Å². The third-order valence-corrected chi connectivity index (χ3v) is 48.3. The van der Waals surface area contributed by atoms with E-state index in [2.05, 4.69) is 340 Å². The molecule has 0 bridgehead atoms. The SMILES string of the molecule is C.CN1C(=O)C(=Cc2ccc(N3c4ccccc4[Si](C)(C)c4ccccc43)[te]2)C(=O)N(C)C1=S.CN1C(=O)CC(=O)N(C)C1=S.C[Si]1(C)c2ccccc2N(c2ccc(C=O)[te]2)c2ccccc21.C[Si]1(C)c2ccccc2N(c2ccc[te]2)c2ccccc21.C[Si]1(C)c2ccccc2Nc2ccccc21.Ic1ccc[te]1. The van der Waals surface area contributed by atoms with Crippen LogP contribution in [0.1, 0.15) is 25.8 Å². The number of aldehydes is 1. The number of carbonyl (C=O) groups excluding carboxylic acids is 5. The average molecular weight is 2140 g/mol. The summed E-state index contributed by atoms with van der Waals surface area (Å²) in [6, 6.07) is 87.6. The van der Waals surface area contributed by atoms with Crippen molar-refractivity contribution in [3.63, 3.8) is 0 Å². The van der Waals surface area contributed by atoms with Gasteiger partial charge in [0.15, 0.2) is 5.11 Å². The maximum atomic E-state index is 12.7. The number of fused-ring (bicyclic) bond motifs is 8. The normalized spacial score (nSPS) is 15.9. The Hall–Kier alpha value is -6.89. The Morgan fingerprint density at radius 1 is 0.369 bits per heavy atom. The van der Waals surface area contributed by atoms with E-state index in [-0.39, 0.29) is 94.1 Å². The van der Waals surface area contributed by atoms with E-state index in [1.807, 2.05) is 6.07 Å². The van der Waals surface area contributed by atoms with Gasteiger partial charge in [0.25, 0.3) is 0 Å². The van der Waals surface area contributed by atoms with Gasteiger partial charge in [-0.05, 0) is 34.7 Å². The van der Waals surface area contributed by atoms with Crippen LogP contribution >= 0.6 is 47.0 Å². The van der Waals surface area contributed by atoms with Crippen molar-refractivity contribution in [2.45, 2.75) is 66.2 Å². The summed E-state index contributed by atoms with van der Waals surface area (Å²) in [5.41, 5.74) is 10.7. The van der Waals surface area contributed by atoms with Crippen LogP contribution in [-0.2, 0) is 19.2 Å². The average Bonchev–Trinajstić information content (AvgIpc) is 1.64. The number of nitrogens with zero attached hydrogens (tertiary/aromatic N) is 7. The zero-order chi connectivity index (χ0) is 78.1. The summed E-state index contributed by atoms with van der Waals surface area (Å²) < 4.78 is 12.3. The second kappa shape index (κ2) is 35.1. The number of hydrogen-bond acceptors (Lipinski definition) is 11. The van der Waals surface area contributed by atoms with Gasteiger partial charge >= 0.3 is 555 Å². The summed E-state index contributed by atoms with van der Waals surface area (Å²) in [5.74, 6) is -1.16. The molecule has 1 N–H and O–H groups in total. The number of anilines is 11. The van der Waals surface area contributed by atoms with Crippen LogP contribution in [0.4, 0.5) is 56.6 Å². The van der Waals surface area contributed by atoms with E-state index in [0.29, 0.717) is 0 Å². The molecule has 0 atom stereocenters. The Labute approximate surface area is 719 Å². The third-order valence-electron chi connectivity index (χ3n) is 20.9. The number of para-hydroxylation sites is 8. The van der Waals surface area contributed by atoms with E-state index in [4.69, 9.17) is 24.4 Å². The number of hydrogen-bond donors (Lipinski definition) is 1. The van der Waals surface area contributed by atoms with Gasteiger partial charge in [0.05, 0.1) is 0 Å². The van der Waals surface area contributed by atoms with Crippen molar-refractivity contribution in [3.8, 4) is 0 Å². The fourth-order valence-electron chi connectivity index (χ4n) is 14.9. The summed E-state index contributed by atoms with van der Waals surface area (Å²) in [6.07, 6.45) is 2.71. The van der Waals surface area contributed by atoms with Crippen LogP contribution in [-0.4, -0.2) is 202 Å². The van der Waals surface area contributed by atoms with Crippen LogP contribution in [0, 0.1) is 1.59 Å². The number of thiocarbonyl (C=S) groups is 2. The van der Waals surface area contributed by atoms with Crippen molar-refractivity contribution in [2.75, 3.05) is 48.2 Å². The quantitative estimate of drug-likeness (QED) is 0.0337. The Balaban J connectivity index is 0.000000131. The molecule has 0 saturated carbocycles. The van der Waals surface area contributed by atoms with Gasteiger partial charge in [-0.3, -0.25) is 19.4 Å². The standard InChI is InChI=1S/C25H23N3O2SSiTe.C19H17NOSiTe.C18H17NSiTe.C14H15NSi.C6H8N2O2S.C4H3ITe.CH4/c1-26-23(29)17(24(30)27(2)25(26)31)15-16-13-14-22(33-16)28-18-9-5-7-11-20(18)32(3,4)21-12-8-6-10-19(21)28;1-22(2)17-9-5-3-7-15(17)20(16-8-4-6-10-18(16)22)19-12-11-14(13-21)23-19;1-20(2)16-10-5-3-8-14(16)19(18-12-7-13-21-18)15-9-4-6-11-17(15)20;1-16(2)13-9-5-3-7-11(13)15-12-8-4-6-10-14(12)16;1-7-4(9)3-5(10)8(2)6(7)11;5-4-2-1-3-6-4;/h5-15H,1-4H3;3-13H,1-2H3;3-13H,1-2H3;3-10,15H,1-2H3;3H2,1-2H3;1-3H;1H4. The topological polar surface area (TPSA) is 120 Å². The molecule has 10 heterocycles. The van der Waals surface area contributed by atoms with E-state index in [1.54, 1.807) is 46.2 Å². The molecule has 0 radical (unpaired) electrons. The van der Waals surface area contributed by atoms with Crippen molar-refractivity contribution < 1.29 is 24.0 Å². The molecule has 564 valence electrons. The molecule has 6 aliphatic rings. The van der Waals surface area contributed by atoms with Gasteiger partial charge in [-0.2, -0.15) is 0 Å². The summed E-state index contributed by atoms with van der Waals surface area (Å²) in [4.78, 5) is 71.2. The van der Waals surface area contributed by atoms with Crippen LogP contribution in [0.3, 0.4) is 0 Å². The van der Waals surface area contributed by atoms with E-state index < -0.39 is 73.2 Å². The van der Waals surface area contributed by atoms with Gasteiger partial charge in [0.2, 0.25) is 11.8 Å². The molecule has 8 aromatic carbocycles. The van der Waals surface area contributed by atoms with Crippen LogP contribution in [0.2, 0.25) is 52.4 Å². The Morgan fingerprint density at radius 2 is 0.676 bits per heavy atom. The van der Waals surface area contributed by atoms with Crippen molar-refractivity contribution in [2.24, 2.45) is 0 Å². The first-order valence-electron chi connectivity index (χ1n) is 35.9. The predicted octanol–water partition coefficient (Wildman–Crippen LogP) is 13.6. The number of carbonyl (C=O) groups is 5. The first kappa shape index (κ1) is 83.5. The Morgan fingerprint density at radius 3 is 1.00 bits per heavy atom. The number of rotatable bonds is 5. The minimum atomic E-state index is -1.81. The molecular formula is C87H87IN8O5S2Si4Te4. The molecule has 2 fully saturated rings. The van der Waals surface area contributed by atoms with Gasteiger partial charge < -0.3 is 5.32 Å². The van der Waals surface area contributed by atoms with Gasteiger partial charge in [-0.1, -0.05) is 56.9 Å². The molecule has 18 rings (SSSR count). The number of halogens is 1. The van der Waals surface area contributed by atoms with Crippen LogP contribution in [0.25, 0.3) is 6.08 Å². The molecule has 2 saturated heterocycles. The number of benzene rings is 8. The molecule has 4 amide bonds. The third kappa shape index (κ3) is 16.7. The summed E-state index contributed by atoms with van der Waals surface area (Å²) in [7, 11) is -0.253. The van der Waals surface area contributed by atoms with Crippen LogP contribution in [0.5, 0.6) is 0 Å². The zero-order valence-electron chi connectivity index (χ0n) is 63.1. The first-order valence-corrected chi connectivity index (χ1v) is 59.4. The number of nitrogens with one attached hydrogen (secondary N) is 1. The molecule has 4 aromatic heterocycles.